The van der Waals surface area contributed by atoms with Crippen molar-refractivity contribution in [2.75, 3.05) is 16.4 Å². The Morgan fingerprint density at radius 3 is 2.53 bits per heavy atom. The molecule has 8 heteroatoms. The van der Waals surface area contributed by atoms with Crippen molar-refractivity contribution in [1.29, 1.82) is 0 Å². The zero-order valence-electron chi connectivity index (χ0n) is 9.88. The van der Waals surface area contributed by atoms with Crippen LogP contribution in [0.1, 0.15) is 12.5 Å². The van der Waals surface area contributed by atoms with Gasteiger partial charge in [-0.3, -0.25) is 4.79 Å². The number of rotatable bonds is 3. The van der Waals surface area contributed by atoms with E-state index in [2.05, 4.69) is 21.2 Å². The molecule has 4 N–H and O–H groups in total. The molecular formula is C11H12BrF3N2O2. The molecule has 19 heavy (non-hydrogen) atoms. The third kappa shape index (κ3) is 3.84. The van der Waals surface area contributed by atoms with E-state index in [0.717, 1.165) is 12.1 Å². The quantitative estimate of drug-likeness (QED) is 0.584. The van der Waals surface area contributed by atoms with Gasteiger partial charge in [-0.25, -0.2) is 0 Å². The van der Waals surface area contributed by atoms with Crippen LogP contribution in [0, 0.1) is 0 Å². The van der Waals surface area contributed by atoms with Gasteiger partial charge in [-0.15, -0.1) is 0 Å². The highest BCUT2D eigenvalue weighted by atomic mass is 79.9. The van der Waals surface area contributed by atoms with Gasteiger partial charge in [0.15, 0.2) is 0 Å². The van der Waals surface area contributed by atoms with E-state index in [4.69, 9.17) is 5.73 Å². The fourth-order valence-electron chi connectivity index (χ4n) is 1.21. The van der Waals surface area contributed by atoms with Crippen molar-refractivity contribution in [3.05, 3.63) is 23.8 Å². The number of nitrogens with two attached hydrogens (primary N) is 1. The molecule has 0 bridgehead atoms. The van der Waals surface area contributed by atoms with Crippen LogP contribution < -0.4 is 11.1 Å². The summed E-state index contributed by atoms with van der Waals surface area (Å²) in [5, 5.41) is 11.8. The van der Waals surface area contributed by atoms with Crippen molar-refractivity contribution in [1.82, 2.24) is 0 Å². The Balaban J connectivity index is 3.02. The Morgan fingerprint density at radius 1 is 1.47 bits per heavy atom. The smallest absolute Gasteiger partial charge is 0.398 e. The van der Waals surface area contributed by atoms with Gasteiger partial charge in [0.05, 0.1) is 5.56 Å². The predicted octanol–water partition coefficient (Wildman–Crippen LogP) is 2.37. The average Bonchev–Trinajstić information content (AvgIpc) is 2.30. The molecule has 106 valence electrons. The molecule has 1 aromatic rings. The highest BCUT2D eigenvalue weighted by Crippen LogP contribution is 2.35. The van der Waals surface area contributed by atoms with Crippen LogP contribution in [0.5, 0.6) is 0 Å². The fraction of sp³-hybridized carbons (Fsp3) is 0.364. The Bertz CT molecular complexity index is 489. The minimum absolute atomic E-state index is 0.0487. The molecule has 0 aliphatic heterocycles. The molecule has 1 rings (SSSR count). The van der Waals surface area contributed by atoms with Crippen molar-refractivity contribution < 1.29 is 23.1 Å². The number of carbonyl (C=O) groups is 1. The van der Waals surface area contributed by atoms with Crippen LogP contribution in [0.3, 0.4) is 0 Å². The number of nitrogens with one attached hydrogen (secondary N) is 1. The van der Waals surface area contributed by atoms with E-state index < -0.39 is 28.9 Å². The van der Waals surface area contributed by atoms with Gasteiger partial charge in [0.1, 0.15) is 5.60 Å². The maximum Gasteiger partial charge on any atom is 0.418 e. The first kappa shape index (κ1) is 15.8. The van der Waals surface area contributed by atoms with Crippen LogP contribution in [0.2, 0.25) is 0 Å². The zero-order valence-corrected chi connectivity index (χ0v) is 11.5. The first-order chi connectivity index (χ1) is 8.58. The first-order valence-corrected chi connectivity index (χ1v) is 6.26. The first-order valence-electron chi connectivity index (χ1n) is 5.14. The van der Waals surface area contributed by atoms with Gasteiger partial charge in [0.2, 0.25) is 0 Å². The van der Waals surface area contributed by atoms with Crippen molar-refractivity contribution in [2.24, 2.45) is 0 Å². The summed E-state index contributed by atoms with van der Waals surface area (Å²) in [6, 6.07) is 2.99. The maximum absolute atomic E-state index is 12.6. The third-order valence-electron chi connectivity index (χ3n) is 2.37. The van der Waals surface area contributed by atoms with Gasteiger partial charge >= 0.3 is 6.18 Å². The van der Waals surface area contributed by atoms with Gasteiger partial charge in [0.25, 0.3) is 5.91 Å². The van der Waals surface area contributed by atoms with E-state index in [0.29, 0.717) is 0 Å². The van der Waals surface area contributed by atoms with Gasteiger partial charge in [-0.2, -0.15) is 13.2 Å². The van der Waals surface area contributed by atoms with Crippen LogP contribution in [-0.2, 0) is 11.0 Å². The summed E-state index contributed by atoms with van der Waals surface area (Å²) in [6.07, 6.45) is -4.61. The summed E-state index contributed by atoms with van der Waals surface area (Å²) < 4.78 is 37.9. The predicted molar refractivity (Wildman–Crippen MR) is 68.9 cm³/mol. The largest absolute Gasteiger partial charge is 0.418 e. The second-order valence-corrected chi connectivity index (χ2v) is 4.72. The summed E-state index contributed by atoms with van der Waals surface area (Å²) in [5.74, 6) is -0.817. The second kappa shape index (κ2) is 5.38. The van der Waals surface area contributed by atoms with E-state index in [1.54, 1.807) is 0 Å². The number of carbonyl (C=O) groups excluding carboxylic acids is 1. The molecule has 0 heterocycles. The number of benzene rings is 1. The molecule has 0 spiro atoms. The standard InChI is InChI=1S/C11H12BrF3N2O2/c1-10(19,5-12)9(18)17-6-2-3-8(16)7(4-6)11(13,14)15/h2-4,19H,5,16H2,1H3,(H,17,18)/t10-/m0/s1. The van der Waals surface area contributed by atoms with Crippen LogP contribution in [0.4, 0.5) is 24.5 Å². The molecule has 0 aromatic heterocycles. The molecule has 0 unspecified atom stereocenters. The number of anilines is 2. The molecule has 0 aliphatic carbocycles. The Hall–Kier alpha value is -1.28. The van der Waals surface area contributed by atoms with Crippen LogP contribution in [-0.4, -0.2) is 21.9 Å². The molecule has 4 nitrogen and oxygen atoms in total. The lowest BCUT2D eigenvalue weighted by molar-refractivity contribution is -0.137. The van der Waals surface area contributed by atoms with E-state index in [1.807, 2.05) is 0 Å². The number of nitrogen functional groups attached to an aromatic ring is 1. The number of aliphatic hydroxyl groups is 1. The monoisotopic (exact) mass is 340 g/mol. The number of amides is 1. The molecule has 1 atom stereocenters. The lowest BCUT2D eigenvalue weighted by Crippen LogP contribution is -2.41. The molecular weight excluding hydrogens is 329 g/mol. The molecule has 0 fully saturated rings. The Morgan fingerprint density at radius 2 is 2.05 bits per heavy atom. The summed E-state index contributed by atoms with van der Waals surface area (Å²) in [7, 11) is 0. The van der Waals surface area contributed by atoms with E-state index in [1.165, 1.54) is 13.0 Å². The Kier molecular flexibility index (Phi) is 4.46. The molecule has 1 amide bonds. The van der Waals surface area contributed by atoms with Crippen molar-refractivity contribution in [3.63, 3.8) is 0 Å². The van der Waals surface area contributed by atoms with Crippen LogP contribution in [0.25, 0.3) is 0 Å². The third-order valence-corrected chi connectivity index (χ3v) is 3.46. The second-order valence-electron chi connectivity index (χ2n) is 4.16. The number of hydrogen-bond acceptors (Lipinski definition) is 3. The van der Waals surface area contributed by atoms with Gasteiger partial charge in [0, 0.05) is 16.7 Å². The van der Waals surface area contributed by atoms with Gasteiger partial charge in [-0.05, 0) is 25.1 Å². The summed E-state index contributed by atoms with van der Waals surface area (Å²) in [5.41, 5.74) is 1.95. The topological polar surface area (TPSA) is 75.3 Å². The molecule has 0 saturated carbocycles. The average molecular weight is 341 g/mol. The van der Waals surface area contributed by atoms with Gasteiger partial charge in [-0.1, -0.05) is 15.9 Å². The number of hydrogen-bond donors (Lipinski definition) is 3. The maximum atomic E-state index is 12.6. The highest BCUT2D eigenvalue weighted by molar-refractivity contribution is 9.09. The SMILES string of the molecule is C[C@](O)(CBr)C(=O)Nc1ccc(N)c(C(F)(F)F)c1. The summed E-state index contributed by atoms with van der Waals surface area (Å²) in [4.78, 5) is 11.6. The van der Waals surface area contributed by atoms with Crippen LogP contribution in [0.15, 0.2) is 18.2 Å². The molecule has 0 saturated heterocycles. The van der Waals surface area contributed by atoms with Crippen molar-refractivity contribution in [2.45, 2.75) is 18.7 Å². The lowest BCUT2D eigenvalue weighted by Gasteiger charge is -2.20. The van der Waals surface area contributed by atoms with Crippen molar-refractivity contribution >= 4 is 33.2 Å². The zero-order chi connectivity index (χ0) is 14.8. The van der Waals surface area contributed by atoms with Gasteiger partial charge < -0.3 is 16.2 Å². The lowest BCUT2D eigenvalue weighted by atomic mass is 10.1. The normalized spacial score (nSPS) is 14.8. The van der Waals surface area contributed by atoms with Crippen molar-refractivity contribution in [3.8, 4) is 0 Å². The van der Waals surface area contributed by atoms with Crippen LogP contribution >= 0.6 is 15.9 Å². The summed E-state index contributed by atoms with van der Waals surface area (Å²) in [6.45, 7) is 1.24. The minimum atomic E-state index is -4.61. The minimum Gasteiger partial charge on any atom is -0.398 e. The fourth-order valence-corrected chi connectivity index (χ4v) is 1.46. The van der Waals surface area contributed by atoms with E-state index in [-0.39, 0.29) is 11.0 Å². The Labute approximate surface area is 115 Å². The van der Waals surface area contributed by atoms with E-state index >= 15 is 0 Å². The molecule has 1 aromatic carbocycles. The highest BCUT2D eigenvalue weighted by Gasteiger charge is 2.34. The number of alkyl halides is 4. The molecule has 0 radical (unpaired) electrons. The molecule has 0 aliphatic rings. The summed E-state index contributed by atoms with van der Waals surface area (Å²) >= 11 is 2.93. The van der Waals surface area contributed by atoms with E-state index in [9.17, 15) is 23.1 Å². The number of halogens is 4.